The summed E-state index contributed by atoms with van der Waals surface area (Å²) in [6.45, 7) is 4.33. The van der Waals surface area contributed by atoms with Crippen molar-refractivity contribution in [3.05, 3.63) is 60.6 Å². The number of fused-ring (bicyclic) bond motifs is 1. The summed E-state index contributed by atoms with van der Waals surface area (Å²) in [7, 11) is 0. The number of para-hydroxylation sites is 1. The zero-order chi connectivity index (χ0) is 20.1. The van der Waals surface area contributed by atoms with Gasteiger partial charge in [-0.3, -0.25) is 19.9 Å². The number of benzene rings is 1. The first kappa shape index (κ1) is 19.2. The van der Waals surface area contributed by atoms with E-state index in [0.717, 1.165) is 38.1 Å². The van der Waals surface area contributed by atoms with Gasteiger partial charge in [-0.05, 0) is 24.3 Å². The highest BCUT2D eigenvalue weighted by molar-refractivity contribution is 5.96. The number of amides is 2. The fourth-order valence-electron chi connectivity index (χ4n) is 3.35. The minimum Gasteiger partial charge on any atom is -0.484 e. The van der Waals surface area contributed by atoms with Gasteiger partial charge in [-0.2, -0.15) is 0 Å². The van der Waals surface area contributed by atoms with Gasteiger partial charge in [-0.15, -0.1) is 0 Å². The summed E-state index contributed by atoms with van der Waals surface area (Å²) in [4.78, 5) is 26.7. The van der Waals surface area contributed by atoms with Gasteiger partial charge < -0.3 is 14.5 Å². The lowest BCUT2D eigenvalue weighted by Crippen LogP contribution is -2.56. The molecular formula is C21H24N4O4. The Bertz CT molecular complexity index is 895. The normalized spacial score (nSPS) is 19.8. The Balaban J connectivity index is 1.16. The molecule has 8 nitrogen and oxygen atoms in total. The molecular weight excluding hydrogens is 372 g/mol. The molecule has 8 heteroatoms. The molecule has 0 saturated carbocycles. The van der Waals surface area contributed by atoms with Gasteiger partial charge in [0.05, 0.1) is 6.26 Å². The molecule has 0 aliphatic carbocycles. The Morgan fingerprint density at radius 3 is 2.69 bits per heavy atom. The number of nitrogens with zero attached hydrogens (tertiary/aromatic N) is 2. The van der Waals surface area contributed by atoms with Crippen LogP contribution in [0.3, 0.4) is 0 Å². The van der Waals surface area contributed by atoms with E-state index in [1.165, 1.54) is 6.26 Å². The number of nitrogens with one attached hydrogen (secondary N) is 2. The minimum atomic E-state index is -0.577. The molecule has 1 unspecified atom stereocenters. The van der Waals surface area contributed by atoms with Crippen molar-refractivity contribution < 1.29 is 18.7 Å². The van der Waals surface area contributed by atoms with E-state index >= 15 is 0 Å². The molecule has 1 aromatic carbocycles. The molecule has 29 heavy (non-hydrogen) atoms. The van der Waals surface area contributed by atoms with Crippen molar-refractivity contribution in [3.8, 4) is 0 Å². The van der Waals surface area contributed by atoms with E-state index < -0.39 is 6.10 Å². The molecule has 1 saturated heterocycles. The van der Waals surface area contributed by atoms with Gasteiger partial charge in [-0.1, -0.05) is 24.3 Å². The third kappa shape index (κ3) is 4.85. The van der Waals surface area contributed by atoms with Gasteiger partial charge >= 0.3 is 0 Å². The molecule has 0 radical (unpaired) electrons. The Labute approximate surface area is 168 Å². The van der Waals surface area contributed by atoms with Crippen molar-refractivity contribution in [1.29, 1.82) is 0 Å². The average Bonchev–Trinajstić information content (AvgIpc) is 3.20. The predicted molar refractivity (Wildman–Crippen MR) is 108 cm³/mol. The molecule has 0 spiro atoms. The van der Waals surface area contributed by atoms with Crippen LogP contribution in [-0.4, -0.2) is 67.1 Å². The van der Waals surface area contributed by atoms with Gasteiger partial charge in [0, 0.05) is 44.7 Å². The van der Waals surface area contributed by atoms with Crippen molar-refractivity contribution >= 4 is 22.8 Å². The van der Waals surface area contributed by atoms with Crippen LogP contribution >= 0.6 is 0 Å². The molecule has 1 fully saturated rings. The third-order valence-electron chi connectivity index (χ3n) is 4.96. The molecule has 2 aromatic rings. The van der Waals surface area contributed by atoms with Crippen LogP contribution in [0.2, 0.25) is 0 Å². The van der Waals surface area contributed by atoms with Crippen LogP contribution in [0.4, 0.5) is 0 Å². The van der Waals surface area contributed by atoms with Crippen molar-refractivity contribution in [2.45, 2.75) is 6.10 Å². The maximum Gasteiger partial charge on any atom is 0.287 e. The van der Waals surface area contributed by atoms with Crippen molar-refractivity contribution in [2.24, 2.45) is 0 Å². The summed E-state index contributed by atoms with van der Waals surface area (Å²) in [5.41, 5.74) is 3.60. The number of carbonyl (C=O) groups is 2. The number of hydrogen-bond acceptors (Lipinski definition) is 6. The summed E-state index contributed by atoms with van der Waals surface area (Å²) in [5, 5.41) is 5.73. The van der Waals surface area contributed by atoms with Crippen LogP contribution in [0.1, 0.15) is 10.6 Å². The Morgan fingerprint density at radius 2 is 1.93 bits per heavy atom. The van der Waals surface area contributed by atoms with Gasteiger partial charge in [0.2, 0.25) is 0 Å². The zero-order valence-electron chi connectivity index (χ0n) is 16.0. The first-order valence-corrected chi connectivity index (χ1v) is 9.72. The molecule has 2 N–H and O–H groups in total. The number of hydrogen-bond donors (Lipinski definition) is 2. The largest absolute Gasteiger partial charge is 0.484 e. The lowest BCUT2D eigenvalue weighted by atomic mass is 10.2. The standard InChI is InChI=1S/C21H24N4O4/c26-20(19-15-16-5-1-2-6-17(16)29-19)22-8-9-24-10-12-25(13-11-24)23-21(27)18-7-3-4-14-28-18/h1-7,14-15,18H,8-13H2,(H,22,26)(H,23,27). The molecule has 4 rings (SSSR count). The Morgan fingerprint density at radius 1 is 1.10 bits per heavy atom. The van der Waals surface area contributed by atoms with E-state index in [-0.39, 0.29) is 11.8 Å². The van der Waals surface area contributed by atoms with Crippen LogP contribution in [0, 0.1) is 0 Å². The number of allylic oxidation sites excluding steroid dienone is 2. The Hall–Kier alpha value is -3.10. The SMILES string of the molecule is O=C(NCCN1CCN(NC(=O)C2C=CC=CO2)CC1)c1cc2ccccc2o1. The van der Waals surface area contributed by atoms with Crippen molar-refractivity contribution in [2.75, 3.05) is 39.3 Å². The monoisotopic (exact) mass is 396 g/mol. The third-order valence-corrected chi connectivity index (χ3v) is 4.96. The lowest BCUT2D eigenvalue weighted by Gasteiger charge is -2.35. The van der Waals surface area contributed by atoms with E-state index in [9.17, 15) is 9.59 Å². The van der Waals surface area contributed by atoms with Crippen molar-refractivity contribution in [3.63, 3.8) is 0 Å². The van der Waals surface area contributed by atoms with Gasteiger partial charge in [0.25, 0.3) is 11.8 Å². The molecule has 3 heterocycles. The summed E-state index contributed by atoms with van der Waals surface area (Å²) in [5.74, 6) is -0.0496. The summed E-state index contributed by atoms with van der Waals surface area (Å²) in [6.07, 6.45) is 6.20. The summed E-state index contributed by atoms with van der Waals surface area (Å²) in [6, 6.07) is 9.31. The number of piperazine rings is 1. The molecule has 2 aliphatic rings. The summed E-state index contributed by atoms with van der Waals surface area (Å²) < 4.78 is 10.9. The number of hydrazine groups is 1. The van der Waals surface area contributed by atoms with Crippen LogP contribution in [0.15, 0.2) is 59.2 Å². The number of furan rings is 1. The van der Waals surface area contributed by atoms with E-state index in [4.69, 9.17) is 9.15 Å². The number of carbonyl (C=O) groups excluding carboxylic acids is 2. The second-order valence-corrected chi connectivity index (χ2v) is 6.98. The second kappa shape index (κ2) is 8.93. The van der Waals surface area contributed by atoms with Crippen LogP contribution in [0.25, 0.3) is 11.0 Å². The smallest absolute Gasteiger partial charge is 0.287 e. The molecule has 152 valence electrons. The number of ether oxygens (including phenoxy) is 1. The highest BCUT2D eigenvalue weighted by Gasteiger charge is 2.23. The van der Waals surface area contributed by atoms with Crippen molar-refractivity contribution in [1.82, 2.24) is 20.7 Å². The Kier molecular flexibility index (Phi) is 5.92. The highest BCUT2D eigenvalue weighted by Crippen LogP contribution is 2.18. The highest BCUT2D eigenvalue weighted by atomic mass is 16.5. The fourth-order valence-corrected chi connectivity index (χ4v) is 3.35. The van der Waals surface area contributed by atoms with Crippen LogP contribution < -0.4 is 10.7 Å². The first-order chi connectivity index (χ1) is 14.2. The van der Waals surface area contributed by atoms with Gasteiger partial charge in [-0.25, -0.2) is 5.01 Å². The first-order valence-electron chi connectivity index (χ1n) is 9.72. The molecule has 1 aromatic heterocycles. The zero-order valence-corrected chi connectivity index (χ0v) is 16.0. The number of rotatable bonds is 6. The average molecular weight is 396 g/mol. The maximum atomic E-state index is 12.3. The second-order valence-electron chi connectivity index (χ2n) is 6.98. The lowest BCUT2D eigenvalue weighted by molar-refractivity contribution is -0.133. The minimum absolute atomic E-state index is 0.169. The van der Waals surface area contributed by atoms with E-state index in [1.807, 2.05) is 29.3 Å². The molecule has 1 atom stereocenters. The molecule has 2 aliphatic heterocycles. The van der Waals surface area contributed by atoms with Crippen LogP contribution in [0.5, 0.6) is 0 Å². The van der Waals surface area contributed by atoms with Gasteiger partial charge in [0.15, 0.2) is 11.9 Å². The maximum absolute atomic E-state index is 12.3. The fraction of sp³-hybridized carbons (Fsp3) is 0.333. The van der Waals surface area contributed by atoms with E-state index in [2.05, 4.69) is 15.6 Å². The van der Waals surface area contributed by atoms with E-state index in [1.54, 1.807) is 24.3 Å². The topological polar surface area (TPSA) is 87.1 Å². The van der Waals surface area contributed by atoms with E-state index in [0.29, 0.717) is 17.9 Å². The molecule has 2 amide bonds. The molecule has 0 bridgehead atoms. The summed E-state index contributed by atoms with van der Waals surface area (Å²) >= 11 is 0. The predicted octanol–water partition coefficient (Wildman–Crippen LogP) is 1.28. The van der Waals surface area contributed by atoms with Crippen LogP contribution in [-0.2, 0) is 9.53 Å². The quantitative estimate of drug-likeness (QED) is 0.765. The van der Waals surface area contributed by atoms with Gasteiger partial charge in [0.1, 0.15) is 5.58 Å².